The quantitative estimate of drug-likeness (QED) is 0.660. The van der Waals surface area contributed by atoms with Crippen molar-refractivity contribution in [2.24, 2.45) is 0 Å². The van der Waals surface area contributed by atoms with Gasteiger partial charge in [0.05, 0.1) is 10.2 Å². The molecule has 6 heteroatoms. The molecule has 0 saturated heterocycles. The van der Waals surface area contributed by atoms with Crippen LogP contribution in [0.5, 0.6) is 0 Å². The predicted molar refractivity (Wildman–Crippen MR) is 52.4 cm³/mol. The van der Waals surface area contributed by atoms with Crippen molar-refractivity contribution >= 4 is 31.9 Å². The topological polar surface area (TPSA) is 32.9 Å². The third kappa shape index (κ3) is 2.37. The summed E-state index contributed by atoms with van der Waals surface area (Å²) in [6, 6.07) is 1.46. The normalized spacial score (nSPS) is 10.8. The molecule has 1 heterocycles. The van der Waals surface area contributed by atoms with Gasteiger partial charge in [0, 0.05) is 5.33 Å². The van der Waals surface area contributed by atoms with Gasteiger partial charge in [-0.05, 0) is 27.6 Å². The minimum Gasteiger partial charge on any atom is -0.316 e. The fourth-order valence-electron chi connectivity index (χ4n) is 0.938. The molecule has 0 saturated carbocycles. The van der Waals surface area contributed by atoms with Crippen molar-refractivity contribution in [3.63, 3.8) is 0 Å². The first kappa shape index (κ1) is 10.8. The third-order valence-electron chi connectivity index (χ3n) is 1.49. The van der Waals surface area contributed by atoms with Gasteiger partial charge in [-0.15, -0.1) is 0 Å². The summed E-state index contributed by atoms with van der Waals surface area (Å²) in [4.78, 5) is 13.3. The fraction of sp³-hybridized carbons (Fsp3) is 0.286. The van der Waals surface area contributed by atoms with Gasteiger partial charge in [0.1, 0.15) is 0 Å². The van der Waals surface area contributed by atoms with E-state index in [1.165, 1.54) is 6.07 Å². The lowest BCUT2D eigenvalue weighted by atomic mass is 10.2. The number of aromatic nitrogens is 1. The third-order valence-corrected chi connectivity index (χ3v) is 2.52. The van der Waals surface area contributed by atoms with Gasteiger partial charge in [0.15, 0.2) is 0 Å². The zero-order valence-electron chi connectivity index (χ0n) is 6.28. The van der Waals surface area contributed by atoms with Crippen molar-refractivity contribution in [1.29, 1.82) is 0 Å². The van der Waals surface area contributed by atoms with E-state index in [-0.39, 0.29) is 5.33 Å². The average molecular weight is 317 g/mol. The van der Waals surface area contributed by atoms with E-state index in [1.807, 2.05) is 0 Å². The molecule has 0 aliphatic heterocycles. The molecule has 0 fully saturated rings. The predicted octanol–water partition coefficient (Wildman–Crippen LogP) is 2.97. The molecule has 2 nitrogen and oxygen atoms in total. The van der Waals surface area contributed by atoms with E-state index < -0.39 is 17.5 Å². The molecular weight excluding hydrogens is 312 g/mol. The second-order valence-electron chi connectivity index (χ2n) is 2.32. The van der Waals surface area contributed by atoms with E-state index in [1.54, 1.807) is 0 Å². The van der Waals surface area contributed by atoms with Crippen LogP contribution in [0.3, 0.4) is 0 Å². The molecule has 1 rings (SSSR count). The van der Waals surface area contributed by atoms with Gasteiger partial charge < -0.3 is 4.98 Å². The van der Waals surface area contributed by atoms with Gasteiger partial charge in [0.25, 0.3) is 12.0 Å². The minimum atomic E-state index is -2.75. The number of aromatic amines is 1. The van der Waals surface area contributed by atoms with Gasteiger partial charge in [-0.2, -0.15) is 0 Å². The first-order valence-corrected chi connectivity index (χ1v) is 5.23. The van der Waals surface area contributed by atoms with Gasteiger partial charge in [-0.1, -0.05) is 15.9 Å². The van der Waals surface area contributed by atoms with Gasteiger partial charge >= 0.3 is 0 Å². The fourth-order valence-corrected chi connectivity index (χ4v) is 1.86. The van der Waals surface area contributed by atoms with Crippen LogP contribution in [0.15, 0.2) is 15.5 Å². The number of alkyl halides is 3. The van der Waals surface area contributed by atoms with Crippen molar-refractivity contribution < 1.29 is 8.78 Å². The Kier molecular flexibility index (Phi) is 3.61. The molecule has 0 bridgehead atoms. The van der Waals surface area contributed by atoms with Crippen LogP contribution in [0.1, 0.15) is 17.6 Å². The summed E-state index contributed by atoms with van der Waals surface area (Å²) in [6.45, 7) is 0. The number of hydrogen-bond acceptors (Lipinski definition) is 1. The molecule has 0 unspecified atom stereocenters. The summed E-state index contributed by atoms with van der Waals surface area (Å²) in [5, 5.41) is 0.231. The number of pyridine rings is 1. The maximum atomic E-state index is 12.4. The zero-order valence-corrected chi connectivity index (χ0v) is 9.45. The summed E-state index contributed by atoms with van der Waals surface area (Å²) in [7, 11) is 0. The summed E-state index contributed by atoms with van der Waals surface area (Å²) in [5.74, 6) is 0. The van der Waals surface area contributed by atoms with Crippen LogP contribution in [0, 0.1) is 0 Å². The highest BCUT2D eigenvalue weighted by atomic mass is 79.9. The van der Waals surface area contributed by atoms with E-state index in [4.69, 9.17) is 0 Å². The van der Waals surface area contributed by atoms with Crippen LogP contribution < -0.4 is 5.56 Å². The van der Waals surface area contributed by atoms with Gasteiger partial charge in [-0.25, -0.2) is 8.78 Å². The van der Waals surface area contributed by atoms with E-state index in [0.717, 1.165) is 0 Å². The first-order valence-electron chi connectivity index (χ1n) is 3.32. The molecule has 0 spiro atoms. The monoisotopic (exact) mass is 315 g/mol. The van der Waals surface area contributed by atoms with Crippen molar-refractivity contribution in [2.45, 2.75) is 11.8 Å². The summed E-state index contributed by atoms with van der Waals surface area (Å²) in [6.07, 6.45) is -2.75. The standard InChI is InChI=1S/C7H5Br2F2NO/c8-2-3-1-4(9)12-7(13)5(3)6(10)11/h1,6H,2H2,(H,12,13). The molecule has 0 aliphatic carbocycles. The van der Waals surface area contributed by atoms with Crippen LogP contribution in [-0.4, -0.2) is 4.98 Å². The molecule has 13 heavy (non-hydrogen) atoms. The largest absolute Gasteiger partial charge is 0.316 e. The van der Waals surface area contributed by atoms with Crippen LogP contribution in [0.2, 0.25) is 0 Å². The van der Waals surface area contributed by atoms with E-state index >= 15 is 0 Å². The maximum Gasteiger partial charge on any atom is 0.269 e. The van der Waals surface area contributed by atoms with Crippen molar-refractivity contribution in [1.82, 2.24) is 4.98 Å². The lowest BCUT2D eigenvalue weighted by Crippen LogP contribution is -2.15. The van der Waals surface area contributed by atoms with Crippen LogP contribution in [0.4, 0.5) is 8.78 Å². The Morgan fingerprint density at radius 2 is 2.15 bits per heavy atom. The van der Waals surface area contributed by atoms with Crippen LogP contribution >= 0.6 is 31.9 Å². The van der Waals surface area contributed by atoms with Crippen LogP contribution in [0.25, 0.3) is 0 Å². The summed E-state index contributed by atoms with van der Waals surface area (Å²) in [5.41, 5.74) is -0.926. The van der Waals surface area contributed by atoms with Crippen molar-refractivity contribution in [2.75, 3.05) is 0 Å². The smallest absolute Gasteiger partial charge is 0.269 e. The summed E-state index contributed by atoms with van der Waals surface area (Å²) >= 11 is 6.05. The molecule has 0 aromatic carbocycles. The molecule has 1 aromatic heterocycles. The highest BCUT2D eigenvalue weighted by molar-refractivity contribution is 9.10. The summed E-state index contributed by atoms with van der Waals surface area (Å²) < 4.78 is 25.1. The second kappa shape index (κ2) is 4.32. The Bertz CT molecular complexity index is 364. The molecule has 72 valence electrons. The highest BCUT2D eigenvalue weighted by Crippen LogP contribution is 2.22. The van der Waals surface area contributed by atoms with Crippen LogP contribution in [-0.2, 0) is 5.33 Å². The molecule has 0 radical (unpaired) electrons. The van der Waals surface area contributed by atoms with Crippen molar-refractivity contribution in [3.05, 3.63) is 32.2 Å². The number of nitrogens with one attached hydrogen (secondary N) is 1. The molecule has 0 atom stereocenters. The van der Waals surface area contributed by atoms with Crippen molar-refractivity contribution in [3.8, 4) is 0 Å². The Hall–Kier alpha value is -0.230. The first-order chi connectivity index (χ1) is 6.06. The van der Waals surface area contributed by atoms with E-state index in [2.05, 4.69) is 36.8 Å². The number of H-pyrrole nitrogens is 1. The maximum absolute atomic E-state index is 12.4. The SMILES string of the molecule is O=c1[nH]c(Br)cc(CBr)c1C(F)F. The number of halogens is 4. The van der Waals surface area contributed by atoms with E-state index in [9.17, 15) is 13.6 Å². The molecule has 1 aromatic rings. The zero-order chi connectivity index (χ0) is 10.0. The number of rotatable bonds is 2. The Balaban J connectivity index is 3.39. The van der Waals surface area contributed by atoms with Gasteiger partial charge in [0.2, 0.25) is 0 Å². The Morgan fingerprint density at radius 3 is 2.62 bits per heavy atom. The highest BCUT2D eigenvalue weighted by Gasteiger charge is 2.17. The lowest BCUT2D eigenvalue weighted by molar-refractivity contribution is 0.148. The number of hydrogen-bond donors (Lipinski definition) is 1. The molecule has 0 amide bonds. The lowest BCUT2D eigenvalue weighted by Gasteiger charge is -2.04. The minimum absolute atomic E-state index is 0.231. The molecule has 1 N–H and O–H groups in total. The van der Waals surface area contributed by atoms with Gasteiger partial charge in [-0.3, -0.25) is 4.79 Å². The van der Waals surface area contributed by atoms with E-state index in [0.29, 0.717) is 10.2 Å². The Labute approximate surface area is 89.6 Å². The average Bonchev–Trinajstić information content (AvgIpc) is 2.01. The molecular formula is C7H5Br2F2NO. The Morgan fingerprint density at radius 1 is 1.54 bits per heavy atom. The molecule has 0 aliphatic rings. The second-order valence-corrected chi connectivity index (χ2v) is 3.73.